The molecule has 0 atom stereocenters. The first-order chi connectivity index (χ1) is 9.22. The predicted molar refractivity (Wildman–Crippen MR) is 83.0 cm³/mol. The van der Waals surface area contributed by atoms with Crippen molar-refractivity contribution in [3.63, 3.8) is 0 Å². The van der Waals surface area contributed by atoms with Crippen molar-refractivity contribution in [1.82, 2.24) is 9.97 Å². The van der Waals surface area contributed by atoms with Crippen LogP contribution in [0.25, 0.3) is 0 Å². The normalized spacial score (nSPS) is 10.3. The van der Waals surface area contributed by atoms with Gasteiger partial charge in [-0.1, -0.05) is 19.1 Å². The summed E-state index contributed by atoms with van der Waals surface area (Å²) in [6.07, 6.45) is 2.79. The van der Waals surface area contributed by atoms with Crippen molar-refractivity contribution in [2.45, 2.75) is 20.3 Å². The fourth-order valence-corrected chi connectivity index (χ4v) is 1.95. The van der Waals surface area contributed by atoms with Crippen molar-refractivity contribution >= 4 is 33.4 Å². The lowest BCUT2D eigenvalue weighted by Crippen LogP contribution is -2.04. The molecule has 0 unspecified atom stereocenters. The monoisotopic (exact) mass is 320 g/mol. The summed E-state index contributed by atoms with van der Waals surface area (Å²) in [7, 11) is 0. The van der Waals surface area contributed by atoms with Crippen LogP contribution in [0, 0.1) is 0 Å². The first kappa shape index (κ1) is 13.8. The molecule has 2 aromatic rings. The molecular weight excluding hydrogens is 304 g/mol. The van der Waals surface area contributed by atoms with Crippen LogP contribution in [0.1, 0.15) is 19.4 Å². The van der Waals surface area contributed by atoms with E-state index in [9.17, 15) is 0 Å². The summed E-state index contributed by atoms with van der Waals surface area (Å²) in [5.74, 6) is 1.38. The Kier molecular flexibility index (Phi) is 4.74. The highest BCUT2D eigenvalue weighted by Gasteiger charge is 2.05. The van der Waals surface area contributed by atoms with Crippen LogP contribution in [0.15, 0.2) is 34.9 Å². The molecule has 1 aromatic heterocycles. The Hall–Kier alpha value is -1.62. The Morgan fingerprint density at radius 1 is 1.16 bits per heavy atom. The quantitative estimate of drug-likeness (QED) is 0.875. The molecule has 0 spiro atoms. The van der Waals surface area contributed by atoms with Crippen molar-refractivity contribution in [2.75, 3.05) is 17.2 Å². The van der Waals surface area contributed by atoms with Crippen molar-refractivity contribution in [3.8, 4) is 0 Å². The molecule has 2 rings (SSSR count). The van der Waals surface area contributed by atoms with Gasteiger partial charge >= 0.3 is 0 Å². The van der Waals surface area contributed by atoms with Gasteiger partial charge in [0.2, 0.25) is 5.95 Å². The van der Waals surface area contributed by atoms with E-state index >= 15 is 0 Å². The van der Waals surface area contributed by atoms with E-state index < -0.39 is 0 Å². The van der Waals surface area contributed by atoms with Crippen molar-refractivity contribution in [3.05, 3.63) is 40.5 Å². The third kappa shape index (κ3) is 3.67. The molecule has 0 amide bonds. The number of nitrogens with zero attached hydrogens (tertiary/aromatic N) is 2. The fourth-order valence-electron chi connectivity index (χ4n) is 1.66. The fraction of sp³-hybridized carbons (Fsp3) is 0.286. The van der Waals surface area contributed by atoms with Gasteiger partial charge in [0.15, 0.2) is 0 Å². The molecule has 100 valence electrons. The smallest absolute Gasteiger partial charge is 0.224 e. The Morgan fingerprint density at radius 2 is 1.89 bits per heavy atom. The molecule has 0 aliphatic carbocycles. The van der Waals surface area contributed by atoms with Gasteiger partial charge < -0.3 is 10.6 Å². The average Bonchev–Trinajstić information content (AvgIpc) is 2.44. The maximum Gasteiger partial charge on any atom is 0.224 e. The van der Waals surface area contributed by atoms with Gasteiger partial charge in [0, 0.05) is 18.4 Å². The molecule has 1 heterocycles. The van der Waals surface area contributed by atoms with Gasteiger partial charge in [0.1, 0.15) is 5.82 Å². The molecule has 0 fully saturated rings. The SMILES string of the molecule is CCNc1ncc(Br)c(Nc2ccc(CC)cc2)n1. The highest BCUT2D eigenvalue weighted by Crippen LogP contribution is 2.24. The lowest BCUT2D eigenvalue weighted by atomic mass is 10.1. The zero-order valence-electron chi connectivity index (χ0n) is 11.1. The van der Waals surface area contributed by atoms with Crippen LogP contribution in [0.5, 0.6) is 0 Å². The number of benzene rings is 1. The standard InChI is InChI=1S/C14H17BrN4/c1-3-10-5-7-11(8-6-10)18-13-12(15)9-17-14(19-13)16-4-2/h5-9H,3-4H2,1-2H3,(H2,16,17,18,19). The summed E-state index contributed by atoms with van der Waals surface area (Å²) in [5, 5.41) is 6.38. The van der Waals surface area contributed by atoms with Gasteiger partial charge in [-0.25, -0.2) is 4.98 Å². The molecule has 0 saturated heterocycles. The highest BCUT2D eigenvalue weighted by atomic mass is 79.9. The third-order valence-corrected chi connectivity index (χ3v) is 3.28. The Balaban J connectivity index is 2.18. The predicted octanol–water partition coefficient (Wildman–Crippen LogP) is 3.98. The van der Waals surface area contributed by atoms with E-state index in [2.05, 4.69) is 67.7 Å². The minimum Gasteiger partial charge on any atom is -0.354 e. The number of halogens is 1. The molecule has 4 nitrogen and oxygen atoms in total. The molecule has 0 aliphatic rings. The number of hydrogen-bond donors (Lipinski definition) is 2. The van der Waals surface area contributed by atoms with E-state index in [1.165, 1.54) is 5.56 Å². The molecule has 2 N–H and O–H groups in total. The first-order valence-corrected chi connectivity index (χ1v) is 7.14. The third-order valence-electron chi connectivity index (χ3n) is 2.70. The Labute approximate surface area is 121 Å². The van der Waals surface area contributed by atoms with Crippen molar-refractivity contribution < 1.29 is 0 Å². The van der Waals surface area contributed by atoms with E-state index in [0.717, 1.165) is 28.9 Å². The van der Waals surface area contributed by atoms with E-state index in [0.29, 0.717) is 5.95 Å². The number of nitrogens with one attached hydrogen (secondary N) is 2. The number of anilines is 3. The maximum absolute atomic E-state index is 4.42. The minimum absolute atomic E-state index is 0.623. The van der Waals surface area contributed by atoms with Gasteiger partial charge in [-0.15, -0.1) is 0 Å². The number of aromatic nitrogens is 2. The van der Waals surface area contributed by atoms with Crippen LogP contribution in [-0.4, -0.2) is 16.5 Å². The van der Waals surface area contributed by atoms with Gasteiger partial charge in [-0.3, -0.25) is 0 Å². The molecule has 0 aliphatic heterocycles. The summed E-state index contributed by atoms with van der Waals surface area (Å²) < 4.78 is 0.841. The molecular formula is C14H17BrN4. The second-order valence-corrected chi connectivity index (χ2v) is 4.95. The molecule has 1 aromatic carbocycles. The van der Waals surface area contributed by atoms with E-state index in [1.807, 2.05) is 6.92 Å². The molecule has 19 heavy (non-hydrogen) atoms. The Bertz CT molecular complexity index is 540. The largest absolute Gasteiger partial charge is 0.354 e. The van der Waals surface area contributed by atoms with Crippen molar-refractivity contribution in [1.29, 1.82) is 0 Å². The highest BCUT2D eigenvalue weighted by molar-refractivity contribution is 9.10. The van der Waals surface area contributed by atoms with Gasteiger partial charge in [0.25, 0.3) is 0 Å². The summed E-state index contributed by atoms with van der Waals surface area (Å²) in [4.78, 5) is 8.61. The first-order valence-electron chi connectivity index (χ1n) is 6.35. The lowest BCUT2D eigenvalue weighted by molar-refractivity contribution is 1.08. The molecule has 0 radical (unpaired) electrons. The molecule has 0 bridgehead atoms. The maximum atomic E-state index is 4.42. The van der Waals surface area contributed by atoms with E-state index in [-0.39, 0.29) is 0 Å². The van der Waals surface area contributed by atoms with Gasteiger partial charge in [0.05, 0.1) is 4.47 Å². The van der Waals surface area contributed by atoms with E-state index in [4.69, 9.17) is 0 Å². The van der Waals surface area contributed by atoms with Crippen LogP contribution < -0.4 is 10.6 Å². The summed E-state index contributed by atoms with van der Waals surface area (Å²) in [6, 6.07) is 8.34. The van der Waals surface area contributed by atoms with Crippen LogP contribution >= 0.6 is 15.9 Å². The number of aryl methyl sites for hydroxylation is 1. The number of rotatable bonds is 5. The van der Waals surface area contributed by atoms with E-state index in [1.54, 1.807) is 6.20 Å². The molecule has 0 saturated carbocycles. The zero-order valence-corrected chi connectivity index (χ0v) is 12.7. The van der Waals surface area contributed by atoms with Crippen LogP contribution in [0.4, 0.5) is 17.5 Å². The van der Waals surface area contributed by atoms with Gasteiger partial charge in [-0.05, 0) is 47.0 Å². The Morgan fingerprint density at radius 3 is 2.53 bits per heavy atom. The topological polar surface area (TPSA) is 49.8 Å². The number of hydrogen-bond acceptors (Lipinski definition) is 4. The van der Waals surface area contributed by atoms with Gasteiger partial charge in [-0.2, -0.15) is 4.98 Å². The summed E-state index contributed by atoms with van der Waals surface area (Å²) >= 11 is 3.45. The van der Waals surface area contributed by atoms with Crippen LogP contribution in [0.2, 0.25) is 0 Å². The summed E-state index contributed by atoms with van der Waals surface area (Å²) in [5.41, 5.74) is 2.33. The lowest BCUT2D eigenvalue weighted by Gasteiger charge is -2.10. The summed E-state index contributed by atoms with van der Waals surface area (Å²) in [6.45, 7) is 4.96. The van der Waals surface area contributed by atoms with Crippen LogP contribution in [-0.2, 0) is 6.42 Å². The molecule has 5 heteroatoms. The second kappa shape index (κ2) is 6.52. The van der Waals surface area contributed by atoms with Crippen LogP contribution in [0.3, 0.4) is 0 Å². The second-order valence-electron chi connectivity index (χ2n) is 4.10. The van der Waals surface area contributed by atoms with Crippen molar-refractivity contribution in [2.24, 2.45) is 0 Å². The zero-order chi connectivity index (χ0) is 13.7. The minimum atomic E-state index is 0.623. The average molecular weight is 321 g/mol.